The second-order valence-electron chi connectivity index (χ2n) is 7.62. The van der Waals surface area contributed by atoms with E-state index >= 15 is 0 Å². The summed E-state index contributed by atoms with van der Waals surface area (Å²) in [5.74, 6) is 0.917. The topological polar surface area (TPSA) is 103 Å². The first-order valence-electron chi connectivity index (χ1n) is 11.1. The van der Waals surface area contributed by atoms with Crippen molar-refractivity contribution < 1.29 is 19.2 Å². The molecule has 0 aliphatic rings. The van der Waals surface area contributed by atoms with Gasteiger partial charge in [-0.05, 0) is 82.5 Å². The summed E-state index contributed by atoms with van der Waals surface area (Å²) in [5, 5.41) is 14.9. The molecule has 0 fully saturated rings. The van der Waals surface area contributed by atoms with Crippen molar-refractivity contribution in [1.82, 2.24) is 5.43 Å². The lowest BCUT2D eigenvalue weighted by molar-refractivity contribution is -0.384. The van der Waals surface area contributed by atoms with Crippen LogP contribution in [0.25, 0.3) is 0 Å². The number of halogens is 1. The third-order valence-electron chi connectivity index (χ3n) is 5.06. The average Bonchev–Trinajstić information content (AvgIpc) is 2.84. The average molecular weight is 587 g/mol. The zero-order valence-electron chi connectivity index (χ0n) is 19.5. The maximum Gasteiger partial charge on any atom is 0.269 e. The maximum absolute atomic E-state index is 12.2. The number of aryl methyl sites for hydroxylation is 1. The van der Waals surface area contributed by atoms with Gasteiger partial charge < -0.3 is 9.47 Å². The maximum atomic E-state index is 12.2. The van der Waals surface area contributed by atoms with Crippen LogP contribution in [-0.4, -0.2) is 23.7 Å². The lowest BCUT2D eigenvalue weighted by atomic mass is 10.1. The molecule has 3 aromatic carbocycles. The number of benzene rings is 3. The van der Waals surface area contributed by atoms with Crippen LogP contribution in [-0.2, 0) is 24.2 Å². The third kappa shape index (κ3) is 7.78. The number of nitrogens with zero attached hydrogens (tertiary/aromatic N) is 2. The lowest BCUT2D eigenvalue weighted by Gasteiger charge is -2.14. The van der Waals surface area contributed by atoms with Crippen LogP contribution < -0.4 is 14.9 Å². The van der Waals surface area contributed by atoms with Gasteiger partial charge >= 0.3 is 0 Å². The quantitative estimate of drug-likeness (QED) is 0.140. The Kier molecular flexibility index (Phi) is 9.59. The molecule has 0 radical (unpaired) electrons. The van der Waals surface area contributed by atoms with E-state index < -0.39 is 4.92 Å². The largest absolute Gasteiger partial charge is 0.490 e. The minimum absolute atomic E-state index is 0.0310. The molecule has 182 valence electrons. The van der Waals surface area contributed by atoms with Gasteiger partial charge in [0, 0.05) is 12.1 Å². The van der Waals surface area contributed by atoms with E-state index in [9.17, 15) is 14.9 Å². The zero-order chi connectivity index (χ0) is 25.2. The van der Waals surface area contributed by atoms with Crippen molar-refractivity contribution >= 4 is 40.4 Å². The number of nitrogens with one attached hydrogen (secondary N) is 1. The van der Waals surface area contributed by atoms with E-state index in [1.807, 2.05) is 37.3 Å². The van der Waals surface area contributed by atoms with E-state index in [1.54, 1.807) is 24.4 Å². The molecular weight excluding hydrogens is 561 g/mol. The summed E-state index contributed by atoms with van der Waals surface area (Å²) in [4.78, 5) is 22.6. The summed E-state index contributed by atoms with van der Waals surface area (Å²) < 4.78 is 12.5. The van der Waals surface area contributed by atoms with Crippen molar-refractivity contribution in [1.29, 1.82) is 0 Å². The number of amides is 1. The SMILES string of the molecule is CCOc1cc(/C=N/NC(=O)Cc2ccc(CC)cc2)cc(I)c1OCc1ccc([N+](=O)[O-])cc1. The standard InChI is InChI=1S/C26H26IN3O5/c1-3-18-5-7-19(8-6-18)15-25(31)29-28-16-21-13-23(27)26(24(14-21)34-4-2)35-17-20-9-11-22(12-10-20)30(32)33/h5-14,16H,3-4,15,17H2,1-2H3,(H,29,31)/b28-16+. The third-order valence-corrected chi connectivity index (χ3v) is 5.86. The predicted octanol–water partition coefficient (Wildman–Crippen LogP) is 5.43. The molecule has 35 heavy (non-hydrogen) atoms. The van der Waals surface area contributed by atoms with E-state index in [0.29, 0.717) is 18.1 Å². The van der Waals surface area contributed by atoms with Gasteiger partial charge in [0.2, 0.25) is 5.91 Å². The summed E-state index contributed by atoms with van der Waals surface area (Å²) in [7, 11) is 0. The Labute approximate surface area is 217 Å². The number of rotatable bonds is 11. The molecule has 9 heteroatoms. The van der Waals surface area contributed by atoms with Crippen LogP contribution in [0.4, 0.5) is 5.69 Å². The first-order valence-corrected chi connectivity index (χ1v) is 12.2. The summed E-state index contributed by atoms with van der Waals surface area (Å²) >= 11 is 2.15. The normalized spacial score (nSPS) is 10.8. The first-order chi connectivity index (χ1) is 16.9. The second-order valence-corrected chi connectivity index (χ2v) is 8.78. The predicted molar refractivity (Wildman–Crippen MR) is 143 cm³/mol. The van der Waals surface area contributed by atoms with Crippen molar-refractivity contribution in [2.75, 3.05) is 6.61 Å². The Balaban J connectivity index is 1.64. The van der Waals surface area contributed by atoms with E-state index in [4.69, 9.17) is 9.47 Å². The molecule has 0 aliphatic carbocycles. The molecule has 0 aliphatic heterocycles. The van der Waals surface area contributed by atoms with Crippen molar-refractivity contribution in [3.05, 3.63) is 96.6 Å². The van der Waals surface area contributed by atoms with Gasteiger partial charge in [0.1, 0.15) is 6.61 Å². The fraction of sp³-hybridized carbons (Fsp3) is 0.231. The summed E-state index contributed by atoms with van der Waals surface area (Å²) in [6, 6.07) is 17.8. The van der Waals surface area contributed by atoms with E-state index in [1.165, 1.54) is 17.7 Å². The highest BCUT2D eigenvalue weighted by Crippen LogP contribution is 2.34. The molecule has 0 bridgehead atoms. The van der Waals surface area contributed by atoms with Crippen LogP contribution in [0.15, 0.2) is 65.8 Å². The van der Waals surface area contributed by atoms with Gasteiger partial charge in [-0.1, -0.05) is 31.2 Å². The molecule has 0 aromatic heterocycles. The summed E-state index contributed by atoms with van der Waals surface area (Å²) in [5.41, 5.74) is 6.29. The number of hydrogen-bond donors (Lipinski definition) is 1. The highest BCUT2D eigenvalue weighted by atomic mass is 127. The van der Waals surface area contributed by atoms with Gasteiger partial charge in [-0.2, -0.15) is 5.10 Å². The number of hydrogen-bond acceptors (Lipinski definition) is 6. The van der Waals surface area contributed by atoms with Gasteiger partial charge in [-0.15, -0.1) is 0 Å². The molecule has 3 aromatic rings. The number of non-ortho nitro benzene ring substituents is 1. The van der Waals surface area contributed by atoms with Crippen molar-refractivity contribution in [3.8, 4) is 11.5 Å². The van der Waals surface area contributed by atoms with Gasteiger partial charge in [-0.3, -0.25) is 14.9 Å². The number of nitro groups is 1. The molecule has 3 rings (SSSR count). The van der Waals surface area contributed by atoms with Gasteiger partial charge in [0.05, 0.1) is 27.7 Å². The Morgan fingerprint density at radius 3 is 2.31 bits per heavy atom. The van der Waals surface area contributed by atoms with Gasteiger partial charge in [0.15, 0.2) is 11.5 Å². The van der Waals surface area contributed by atoms with Crippen molar-refractivity contribution in [2.24, 2.45) is 5.10 Å². The second kappa shape index (κ2) is 12.8. The molecule has 0 unspecified atom stereocenters. The number of hydrazone groups is 1. The molecule has 0 saturated heterocycles. The summed E-state index contributed by atoms with van der Waals surface area (Å²) in [6.07, 6.45) is 2.77. The summed E-state index contributed by atoms with van der Waals surface area (Å²) in [6.45, 7) is 4.64. The fourth-order valence-electron chi connectivity index (χ4n) is 3.23. The van der Waals surface area contributed by atoms with Gasteiger partial charge in [0.25, 0.3) is 5.69 Å². The Bertz CT molecular complexity index is 1190. The lowest BCUT2D eigenvalue weighted by Crippen LogP contribution is -2.19. The van der Waals surface area contributed by atoms with Crippen LogP contribution in [0.5, 0.6) is 11.5 Å². The van der Waals surface area contributed by atoms with E-state index in [2.05, 4.69) is 40.0 Å². The Morgan fingerprint density at radius 2 is 1.69 bits per heavy atom. The number of nitro benzene ring substituents is 1. The van der Waals surface area contributed by atoms with Crippen LogP contribution in [0, 0.1) is 13.7 Å². The monoisotopic (exact) mass is 587 g/mol. The molecule has 1 N–H and O–H groups in total. The number of carbonyl (C=O) groups is 1. The molecule has 8 nitrogen and oxygen atoms in total. The van der Waals surface area contributed by atoms with Crippen LogP contribution in [0.2, 0.25) is 0 Å². The molecule has 0 heterocycles. The Hall–Kier alpha value is -3.47. The van der Waals surface area contributed by atoms with Crippen LogP contribution in [0.1, 0.15) is 36.1 Å². The molecule has 0 atom stereocenters. The van der Waals surface area contributed by atoms with Gasteiger partial charge in [-0.25, -0.2) is 5.43 Å². The smallest absolute Gasteiger partial charge is 0.269 e. The fourth-order valence-corrected chi connectivity index (χ4v) is 4.01. The first kappa shape index (κ1) is 26.1. The van der Waals surface area contributed by atoms with Crippen molar-refractivity contribution in [3.63, 3.8) is 0 Å². The Morgan fingerprint density at radius 1 is 1.03 bits per heavy atom. The van der Waals surface area contributed by atoms with Crippen molar-refractivity contribution in [2.45, 2.75) is 33.3 Å². The zero-order valence-corrected chi connectivity index (χ0v) is 21.7. The number of ether oxygens (including phenoxy) is 2. The highest BCUT2D eigenvalue weighted by molar-refractivity contribution is 14.1. The van der Waals surface area contributed by atoms with Crippen LogP contribution >= 0.6 is 22.6 Å². The molecular formula is C26H26IN3O5. The molecule has 1 amide bonds. The number of carbonyl (C=O) groups excluding carboxylic acids is 1. The molecule has 0 saturated carbocycles. The highest BCUT2D eigenvalue weighted by Gasteiger charge is 2.13. The minimum Gasteiger partial charge on any atom is -0.490 e. The van der Waals surface area contributed by atoms with Crippen LogP contribution in [0.3, 0.4) is 0 Å². The molecule has 0 spiro atoms. The van der Waals surface area contributed by atoms with E-state index in [0.717, 1.165) is 26.7 Å². The van der Waals surface area contributed by atoms with E-state index in [-0.39, 0.29) is 24.6 Å². The minimum atomic E-state index is -0.437.